The zero-order valence-electron chi connectivity index (χ0n) is 15.9. The number of methoxy groups -OCH3 is 1. The standard InChI is InChI=1S/C20H24N4O2S/c1-13-6-8-23(9-7-13)18(25)12-27-20-22-21-19-14(2)10-15-11-16(26-3)4-5-17(15)24(19)20/h4-5,10-11,13H,6-9,12H2,1-3H3. The van der Waals surface area contributed by atoms with Gasteiger partial charge in [-0.3, -0.25) is 9.20 Å². The number of hydrogen-bond donors (Lipinski definition) is 0. The monoisotopic (exact) mass is 384 g/mol. The maximum absolute atomic E-state index is 12.6. The fourth-order valence-corrected chi connectivity index (χ4v) is 4.44. The van der Waals surface area contributed by atoms with Gasteiger partial charge in [-0.05, 0) is 55.5 Å². The second kappa shape index (κ2) is 7.38. The van der Waals surface area contributed by atoms with E-state index in [1.54, 1.807) is 7.11 Å². The largest absolute Gasteiger partial charge is 0.497 e. The van der Waals surface area contributed by atoms with E-state index in [1.807, 2.05) is 34.4 Å². The number of piperidine rings is 1. The lowest BCUT2D eigenvalue weighted by atomic mass is 9.99. The molecule has 6 nitrogen and oxygen atoms in total. The number of aryl methyl sites for hydroxylation is 1. The number of carbonyl (C=O) groups is 1. The third kappa shape index (κ3) is 3.48. The molecule has 3 aromatic rings. The Hall–Kier alpha value is -2.28. The van der Waals surface area contributed by atoms with Gasteiger partial charge in [0.05, 0.1) is 18.4 Å². The molecule has 3 heterocycles. The number of thioether (sulfide) groups is 1. The van der Waals surface area contributed by atoms with Gasteiger partial charge in [0.1, 0.15) is 5.75 Å². The Balaban J connectivity index is 1.61. The molecule has 0 spiro atoms. The van der Waals surface area contributed by atoms with Gasteiger partial charge in [0.15, 0.2) is 10.8 Å². The molecule has 142 valence electrons. The van der Waals surface area contributed by atoms with E-state index < -0.39 is 0 Å². The highest BCUT2D eigenvalue weighted by molar-refractivity contribution is 7.99. The van der Waals surface area contributed by atoms with Gasteiger partial charge >= 0.3 is 0 Å². The molecule has 1 amide bonds. The van der Waals surface area contributed by atoms with Crippen LogP contribution in [0.3, 0.4) is 0 Å². The summed E-state index contributed by atoms with van der Waals surface area (Å²) in [6.07, 6.45) is 2.19. The molecule has 1 saturated heterocycles. The smallest absolute Gasteiger partial charge is 0.233 e. The average molecular weight is 385 g/mol. The highest BCUT2D eigenvalue weighted by Gasteiger charge is 2.21. The maximum atomic E-state index is 12.6. The van der Waals surface area contributed by atoms with Crippen LogP contribution in [0.25, 0.3) is 16.6 Å². The van der Waals surface area contributed by atoms with Crippen molar-refractivity contribution in [2.45, 2.75) is 31.8 Å². The van der Waals surface area contributed by atoms with Crippen molar-refractivity contribution >= 4 is 34.2 Å². The Morgan fingerprint density at radius 3 is 2.78 bits per heavy atom. The van der Waals surface area contributed by atoms with Crippen LogP contribution in [0.15, 0.2) is 29.4 Å². The lowest BCUT2D eigenvalue weighted by Crippen LogP contribution is -2.38. The summed E-state index contributed by atoms with van der Waals surface area (Å²) >= 11 is 1.46. The number of ether oxygens (including phenoxy) is 1. The first-order chi connectivity index (χ1) is 13.1. The number of nitrogens with zero attached hydrogens (tertiary/aromatic N) is 4. The molecule has 0 saturated carbocycles. The molecule has 0 bridgehead atoms. The highest BCUT2D eigenvalue weighted by Crippen LogP contribution is 2.28. The van der Waals surface area contributed by atoms with E-state index in [-0.39, 0.29) is 5.91 Å². The number of fused-ring (bicyclic) bond motifs is 3. The molecule has 1 aliphatic rings. The third-order valence-electron chi connectivity index (χ3n) is 5.29. The van der Waals surface area contributed by atoms with Crippen molar-refractivity contribution in [2.24, 2.45) is 5.92 Å². The van der Waals surface area contributed by atoms with Gasteiger partial charge in [-0.2, -0.15) is 0 Å². The number of pyridine rings is 1. The lowest BCUT2D eigenvalue weighted by molar-refractivity contribution is -0.129. The number of likely N-dealkylation sites (tertiary alicyclic amines) is 1. The van der Waals surface area contributed by atoms with Gasteiger partial charge in [0.2, 0.25) is 5.91 Å². The van der Waals surface area contributed by atoms with Gasteiger partial charge in [0, 0.05) is 18.5 Å². The van der Waals surface area contributed by atoms with Gasteiger partial charge in [-0.15, -0.1) is 10.2 Å². The second-order valence-electron chi connectivity index (χ2n) is 7.25. The predicted octanol–water partition coefficient (Wildman–Crippen LogP) is 3.55. The molecule has 0 radical (unpaired) electrons. The zero-order chi connectivity index (χ0) is 19.0. The summed E-state index contributed by atoms with van der Waals surface area (Å²) in [5.41, 5.74) is 2.89. The minimum Gasteiger partial charge on any atom is -0.497 e. The van der Waals surface area contributed by atoms with E-state index >= 15 is 0 Å². The number of aromatic nitrogens is 3. The molecule has 0 aliphatic carbocycles. The number of amides is 1. The molecular formula is C20H24N4O2S. The Morgan fingerprint density at radius 1 is 1.26 bits per heavy atom. The highest BCUT2D eigenvalue weighted by atomic mass is 32.2. The Kier molecular flexibility index (Phi) is 4.95. The summed E-state index contributed by atoms with van der Waals surface area (Å²) in [5.74, 6) is 2.11. The van der Waals surface area contributed by atoms with Crippen molar-refractivity contribution in [3.8, 4) is 5.75 Å². The van der Waals surface area contributed by atoms with Crippen LogP contribution in [0.2, 0.25) is 0 Å². The minimum absolute atomic E-state index is 0.183. The quantitative estimate of drug-likeness (QED) is 0.644. The summed E-state index contributed by atoms with van der Waals surface area (Å²) in [6, 6.07) is 8.06. The summed E-state index contributed by atoms with van der Waals surface area (Å²) in [6.45, 7) is 6.00. The van der Waals surface area contributed by atoms with Crippen LogP contribution in [-0.4, -0.2) is 51.4 Å². The van der Waals surface area contributed by atoms with Gasteiger partial charge in [-0.25, -0.2) is 0 Å². The molecule has 0 unspecified atom stereocenters. The van der Waals surface area contributed by atoms with Crippen molar-refractivity contribution in [3.63, 3.8) is 0 Å². The molecule has 4 rings (SSSR count). The average Bonchev–Trinajstić information content (AvgIpc) is 3.11. The van der Waals surface area contributed by atoms with Gasteiger partial charge in [0.25, 0.3) is 0 Å². The first kappa shape index (κ1) is 18.1. The van der Waals surface area contributed by atoms with Crippen molar-refractivity contribution in [3.05, 3.63) is 29.8 Å². The summed E-state index contributed by atoms with van der Waals surface area (Å²) in [5, 5.41) is 10.5. The molecule has 27 heavy (non-hydrogen) atoms. The van der Waals surface area contributed by atoms with E-state index in [1.165, 1.54) is 11.8 Å². The van der Waals surface area contributed by atoms with E-state index in [0.717, 1.165) is 59.0 Å². The van der Waals surface area contributed by atoms with Crippen LogP contribution in [0.4, 0.5) is 0 Å². The molecule has 0 N–H and O–H groups in total. The third-order valence-corrected chi connectivity index (χ3v) is 6.21. The van der Waals surface area contributed by atoms with Crippen LogP contribution in [0, 0.1) is 12.8 Å². The SMILES string of the molecule is COc1ccc2c(c1)cc(C)c1nnc(SCC(=O)N3CCC(C)CC3)n12. The summed E-state index contributed by atoms with van der Waals surface area (Å²) in [4.78, 5) is 14.6. The molecular weight excluding hydrogens is 360 g/mol. The molecule has 7 heteroatoms. The topological polar surface area (TPSA) is 59.7 Å². The van der Waals surface area contributed by atoms with E-state index in [4.69, 9.17) is 4.74 Å². The molecule has 2 aromatic heterocycles. The molecule has 1 aliphatic heterocycles. The number of benzene rings is 1. The number of hydrogen-bond acceptors (Lipinski definition) is 5. The Bertz CT molecular complexity index is 992. The van der Waals surface area contributed by atoms with Crippen molar-refractivity contribution < 1.29 is 9.53 Å². The van der Waals surface area contributed by atoms with Crippen LogP contribution < -0.4 is 4.74 Å². The van der Waals surface area contributed by atoms with E-state index in [9.17, 15) is 4.79 Å². The van der Waals surface area contributed by atoms with Crippen LogP contribution in [-0.2, 0) is 4.79 Å². The Morgan fingerprint density at radius 2 is 2.04 bits per heavy atom. The van der Waals surface area contributed by atoms with Crippen LogP contribution in [0.5, 0.6) is 5.75 Å². The number of carbonyl (C=O) groups excluding carboxylic acids is 1. The second-order valence-corrected chi connectivity index (χ2v) is 8.19. The maximum Gasteiger partial charge on any atom is 0.233 e. The normalized spacial score (nSPS) is 15.6. The minimum atomic E-state index is 0.183. The van der Waals surface area contributed by atoms with E-state index in [2.05, 4.69) is 23.2 Å². The lowest BCUT2D eigenvalue weighted by Gasteiger charge is -2.30. The van der Waals surface area contributed by atoms with Gasteiger partial charge in [-0.1, -0.05) is 18.7 Å². The van der Waals surface area contributed by atoms with Crippen LogP contribution >= 0.6 is 11.8 Å². The molecule has 0 atom stereocenters. The van der Waals surface area contributed by atoms with E-state index in [0.29, 0.717) is 11.7 Å². The van der Waals surface area contributed by atoms with Crippen molar-refractivity contribution in [2.75, 3.05) is 26.0 Å². The zero-order valence-corrected chi connectivity index (χ0v) is 16.8. The summed E-state index contributed by atoms with van der Waals surface area (Å²) < 4.78 is 7.39. The van der Waals surface area contributed by atoms with Crippen molar-refractivity contribution in [1.29, 1.82) is 0 Å². The fraction of sp³-hybridized carbons (Fsp3) is 0.450. The van der Waals surface area contributed by atoms with Crippen molar-refractivity contribution in [1.82, 2.24) is 19.5 Å². The molecule has 1 fully saturated rings. The first-order valence-corrected chi connectivity index (χ1v) is 10.3. The number of rotatable bonds is 4. The fourth-order valence-electron chi connectivity index (χ4n) is 3.59. The summed E-state index contributed by atoms with van der Waals surface area (Å²) in [7, 11) is 1.67. The van der Waals surface area contributed by atoms with Crippen LogP contribution in [0.1, 0.15) is 25.3 Å². The predicted molar refractivity (Wildman–Crippen MR) is 107 cm³/mol. The Labute approximate surface area is 162 Å². The van der Waals surface area contributed by atoms with Gasteiger partial charge < -0.3 is 9.64 Å². The first-order valence-electron chi connectivity index (χ1n) is 9.30. The molecule has 1 aromatic carbocycles.